The first-order valence-corrected chi connectivity index (χ1v) is 7.37. The molecule has 0 aliphatic heterocycles. The Labute approximate surface area is 130 Å². The number of benzene rings is 1. The predicted molar refractivity (Wildman–Crippen MR) is 86.0 cm³/mol. The zero-order valence-electron chi connectivity index (χ0n) is 13.0. The van der Waals surface area contributed by atoms with Crippen LogP contribution < -0.4 is 15.4 Å². The van der Waals surface area contributed by atoms with Crippen molar-refractivity contribution < 1.29 is 9.53 Å². The minimum atomic E-state index is -0.249. The van der Waals surface area contributed by atoms with Gasteiger partial charge in [0.15, 0.2) is 0 Å². The Morgan fingerprint density at radius 1 is 1.36 bits per heavy atom. The van der Waals surface area contributed by atoms with E-state index in [-0.39, 0.29) is 6.03 Å². The fraction of sp³-hybridized carbons (Fsp3) is 0.375. The van der Waals surface area contributed by atoms with Crippen molar-refractivity contribution in [2.24, 2.45) is 5.92 Å². The molecule has 22 heavy (non-hydrogen) atoms. The van der Waals surface area contributed by atoms with Crippen LogP contribution in [-0.2, 0) is 6.54 Å². The Morgan fingerprint density at radius 3 is 2.91 bits per heavy atom. The van der Waals surface area contributed by atoms with Crippen LogP contribution in [0.25, 0.3) is 0 Å². The minimum absolute atomic E-state index is 0.249. The fourth-order valence-electron chi connectivity index (χ4n) is 1.84. The lowest BCUT2D eigenvalue weighted by molar-refractivity contribution is 0.251. The molecule has 1 aromatic carbocycles. The van der Waals surface area contributed by atoms with Gasteiger partial charge >= 0.3 is 6.03 Å². The molecule has 0 bridgehead atoms. The van der Waals surface area contributed by atoms with E-state index >= 15 is 0 Å². The second-order valence-electron chi connectivity index (χ2n) is 5.38. The molecular formula is C16H22N4O2. The number of hydrogen-bond acceptors (Lipinski definition) is 3. The van der Waals surface area contributed by atoms with Gasteiger partial charge in [-0.1, -0.05) is 26.0 Å². The predicted octanol–water partition coefficient (Wildman–Crippen LogP) is 2.74. The highest BCUT2D eigenvalue weighted by molar-refractivity contribution is 5.90. The maximum Gasteiger partial charge on any atom is 0.319 e. The summed E-state index contributed by atoms with van der Waals surface area (Å²) in [5.41, 5.74) is 0.670. The van der Waals surface area contributed by atoms with Crippen molar-refractivity contribution in [1.29, 1.82) is 0 Å². The number of nitrogens with one attached hydrogen (secondary N) is 2. The van der Waals surface area contributed by atoms with E-state index in [2.05, 4.69) is 29.5 Å². The number of carbonyl (C=O) groups is 1. The lowest BCUT2D eigenvalue weighted by atomic mass is 10.2. The summed E-state index contributed by atoms with van der Waals surface area (Å²) < 4.78 is 7.61. The molecule has 1 heterocycles. The fourth-order valence-corrected chi connectivity index (χ4v) is 1.84. The van der Waals surface area contributed by atoms with Crippen LogP contribution >= 0.6 is 0 Å². The highest BCUT2D eigenvalue weighted by atomic mass is 16.5. The van der Waals surface area contributed by atoms with E-state index in [1.165, 1.54) is 0 Å². The molecule has 0 saturated heterocycles. The smallest absolute Gasteiger partial charge is 0.319 e. The monoisotopic (exact) mass is 302 g/mol. The van der Waals surface area contributed by atoms with E-state index in [1.807, 2.05) is 35.0 Å². The third-order valence-corrected chi connectivity index (χ3v) is 2.92. The topological polar surface area (TPSA) is 68.2 Å². The Kier molecular flexibility index (Phi) is 5.82. The Morgan fingerprint density at radius 2 is 2.18 bits per heavy atom. The molecule has 0 aliphatic carbocycles. The third-order valence-electron chi connectivity index (χ3n) is 2.92. The zero-order chi connectivity index (χ0) is 15.8. The number of nitrogens with zero attached hydrogens (tertiary/aromatic N) is 2. The molecule has 2 rings (SSSR count). The molecule has 1 aromatic heterocycles. The van der Waals surface area contributed by atoms with Crippen molar-refractivity contribution in [3.8, 4) is 5.75 Å². The van der Waals surface area contributed by atoms with Crippen LogP contribution in [0.3, 0.4) is 0 Å². The number of hydrogen-bond donors (Lipinski definition) is 2. The standard InChI is InChI=1S/C16H22N4O2/c1-13(2)11-22-15-6-4-3-5-14(15)19-16(21)18-8-10-20-9-7-17-12-20/h3-7,9,12-13H,8,10-11H2,1-2H3,(H2,18,19,21). The number of aromatic nitrogens is 2. The van der Waals surface area contributed by atoms with Gasteiger partial charge in [0.2, 0.25) is 0 Å². The van der Waals surface area contributed by atoms with Gasteiger partial charge in [0, 0.05) is 25.5 Å². The Balaban J connectivity index is 1.82. The largest absolute Gasteiger partial charge is 0.491 e. The summed E-state index contributed by atoms with van der Waals surface area (Å²) in [6.07, 6.45) is 5.28. The number of amides is 2. The summed E-state index contributed by atoms with van der Waals surface area (Å²) >= 11 is 0. The Hall–Kier alpha value is -2.50. The van der Waals surface area contributed by atoms with Gasteiger partial charge in [-0.15, -0.1) is 0 Å². The molecule has 0 radical (unpaired) electrons. The second kappa shape index (κ2) is 8.07. The summed E-state index contributed by atoms with van der Waals surface area (Å²) in [6.45, 7) is 5.98. The molecule has 0 unspecified atom stereocenters. The van der Waals surface area contributed by atoms with Crippen LogP contribution in [0.5, 0.6) is 5.75 Å². The number of ether oxygens (including phenoxy) is 1. The van der Waals surface area contributed by atoms with Crippen molar-refractivity contribution in [3.05, 3.63) is 43.0 Å². The van der Waals surface area contributed by atoms with Crippen molar-refractivity contribution in [2.45, 2.75) is 20.4 Å². The Bertz CT molecular complexity index is 582. The normalized spacial score (nSPS) is 10.5. The number of urea groups is 1. The van der Waals surface area contributed by atoms with Crippen molar-refractivity contribution >= 4 is 11.7 Å². The van der Waals surface area contributed by atoms with Crippen LogP contribution in [0.1, 0.15) is 13.8 Å². The van der Waals surface area contributed by atoms with Crippen LogP contribution in [-0.4, -0.2) is 28.7 Å². The quantitative estimate of drug-likeness (QED) is 0.826. The first-order chi connectivity index (χ1) is 10.6. The van der Waals surface area contributed by atoms with Crippen molar-refractivity contribution in [2.75, 3.05) is 18.5 Å². The van der Waals surface area contributed by atoms with Gasteiger partial charge in [0.25, 0.3) is 0 Å². The second-order valence-corrected chi connectivity index (χ2v) is 5.38. The highest BCUT2D eigenvalue weighted by Crippen LogP contribution is 2.24. The van der Waals surface area contributed by atoms with Gasteiger partial charge < -0.3 is 19.9 Å². The summed E-state index contributed by atoms with van der Waals surface area (Å²) in [5.74, 6) is 1.11. The average Bonchev–Trinajstić information content (AvgIpc) is 2.99. The van der Waals surface area contributed by atoms with Crippen LogP contribution in [0.2, 0.25) is 0 Å². The molecule has 0 fully saturated rings. The molecule has 0 aliphatic rings. The summed E-state index contributed by atoms with van der Waals surface area (Å²) in [6, 6.07) is 7.18. The van der Waals surface area contributed by atoms with Gasteiger partial charge in [0.05, 0.1) is 18.6 Å². The number of imidazole rings is 1. The molecule has 0 atom stereocenters. The van der Waals surface area contributed by atoms with Gasteiger partial charge in [-0.3, -0.25) is 0 Å². The minimum Gasteiger partial charge on any atom is -0.491 e. The highest BCUT2D eigenvalue weighted by Gasteiger charge is 2.07. The maximum absolute atomic E-state index is 11.9. The lowest BCUT2D eigenvalue weighted by Gasteiger charge is -2.14. The van der Waals surface area contributed by atoms with Gasteiger partial charge in [-0.2, -0.15) is 0 Å². The first kappa shape index (κ1) is 15.9. The molecule has 0 saturated carbocycles. The number of carbonyl (C=O) groups excluding carboxylic acids is 1. The van der Waals surface area contributed by atoms with E-state index < -0.39 is 0 Å². The van der Waals surface area contributed by atoms with Crippen molar-refractivity contribution in [3.63, 3.8) is 0 Å². The van der Waals surface area contributed by atoms with Crippen molar-refractivity contribution in [1.82, 2.24) is 14.9 Å². The summed E-state index contributed by atoms with van der Waals surface area (Å²) in [5, 5.41) is 5.62. The van der Waals surface area contributed by atoms with E-state index in [1.54, 1.807) is 12.5 Å². The molecular weight excluding hydrogens is 280 g/mol. The van der Waals surface area contributed by atoms with Crippen LogP contribution in [0, 0.1) is 5.92 Å². The van der Waals surface area contributed by atoms with E-state index in [9.17, 15) is 4.79 Å². The molecule has 2 N–H and O–H groups in total. The molecule has 118 valence electrons. The molecule has 6 heteroatoms. The summed E-state index contributed by atoms with van der Waals surface area (Å²) in [4.78, 5) is 15.9. The molecule has 2 aromatic rings. The van der Waals surface area contributed by atoms with Gasteiger partial charge in [0.1, 0.15) is 5.75 Å². The lowest BCUT2D eigenvalue weighted by Crippen LogP contribution is -2.31. The van der Waals surface area contributed by atoms with E-state index in [0.717, 1.165) is 0 Å². The SMILES string of the molecule is CC(C)COc1ccccc1NC(=O)NCCn1ccnc1. The zero-order valence-corrected chi connectivity index (χ0v) is 13.0. The maximum atomic E-state index is 11.9. The number of para-hydroxylation sites is 2. The van der Waals surface area contributed by atoms with Gasteiger partial charge in [-0.05, 0) is 18.1 Å². The number of anilines is 1. The van der Waals surface area contributed by atoms with Gasteiger partial charge in [-0.25, -0.2) is 9.78 Å². The molecule has 0 spiro atoms. The number of rotatable bonds is 7. The van der Waals surface area contributed by atoms with E-state index in [0.29, 0.717) is 37.1 Å². The third kappa shape index (κ3) is 5.12. The average molecular weight is 302 g/mol. The van der Waals surface area contributed by atoms with Crippen LogP contribution in [0.15, 0.2) is 43.0 Å². The van der Waals surface area contributed by atoms with E-state index in [4.69, 9.17) is 4.74 Å². The molecule has 6 nitrogen and oxygen atoms in total. The first-order valence-electron chi connectivity index (χ1n) is 7.37. The summed E-state index contributed by atoms with van der Waals surface area (Å²) in [7, 11) is 0. The van der Waals surface area contributed by atoms with Crippen LogP contribution in [0.4, 0.5) is 10.5 Å². The molecule has 2 amide bonds.